The van der Waals surface area contributed by atoms with E-state index in [1.165, 1.54) is 6.20 Å². The second-order valence-electron chi connectivity index (χ2n) is 6.32. The van der Waals surface area contributed by atoms with Gasteiger partial charge < -0.3 is 10.2 Å². The predicted octanol–water partition coefficient (Wildman–Crippen LogP) is 4.10. The van der Waals surface area contributed by atoms with Crippen molar-refractivity contribution in [2.24, 2.45) is 0 Å². The van der Waals surface area contributed by atoms with Crippen LogP contribution in [0.5, 0.6) is 0 Å². The number of rotatable bonds is 3. The molecule has 4 nitrogen and oxygen atoms in total. The molecule has 4 heteroatoms. The van der Waals surface area contributed by atoms with E-state index in [2.05, 4.69) is 5.32 Å². The first-order valence-corrected chi connectivity index (χ1v) is 8.44. The van der Waals surface area contributed by atoms with Gasteiger partial charge in [-0.1, -0.05) is 30.3 Å². The van der Waals surface area contributed by atoms with Crippen molar-refractivity contribution >= 4 is 17.3 Å². The van der Waals surface area contributed by atoms with Crippen LogP contribution >= 0.6 is 0 Å². The van der Waals surface area contributed by atoms with Crippen LogP contribution < -0.4 is 10.2 Å². The van der Waals surface area contributed by atoms with Gasteiger partial charge >= 0.3 is 0 Å². The summed E-state index contributed by atoms with van der Waals surface area (Å²) in [5, 5.41) is 12.6. The van der Waals surface area contributed by atoms with Gasteiger partial charge in [0, 0.05) is 24.1 Å². The Kier molecular flexibility index (Phi) is 4.85. The monoisotopic (exact) mass is 331 g/mol. The van der Waals surface area contributed by atoms with Gasteiger partial charge in [-0.25, -0.2) is 0 Å². The molecule has 0 saturated heterocycles. The lowest BCUT2D eigenvalue weighted by atomic mass is 10.0. The van der Waals surface area contributed by atoms with Gasteiger partial charge in [0.15, 0.2) is 0 Å². The lowest BCUT2D eigenvalue weighted by Gasteiger charge is -2.29. The number of hydrogen-bond acceptors (Lipinski definition) is 3. The zero-order valence-corrected chi connectivity index (χ0v) is 14.5. The summed E-state index contributed by atoms with van der Waals surface area (Å²) in [5.74, 6) is -0.257. The number of nitrogens with zero attached hydrogens (tertiary/aromatic N) is 2. The molecule has 1 aliphatic heterocycles. The van der Waals surface area contributed by atoms with Crippen LogP contribution in [0.1, 0.15) is 23.1 Å². The number of benzene rings is 2. The van der Waals surface area contributed by atoms with Gasteiger partial charge in [0.2, 0.25) is 0 Å². The molecule has 0 saturated carbocycles. The molecule has 1 amide bonds. The average molecular weight is 331 g/mol. The summed E-state index contributed by atoms with van der Waals surface area (Å²) in [7, 11) is 0. The molecule has 1 N–H and O–H groups in total. The third-order valence-corrected chi connectivity index (χ3v) is 4.47. The average Bonchev–Trinajstić information content (AvgIpc) is 2.64. The van der Waals surface area contributed by atoms with Gasteiger partial charge in [0.05, 0.1) is 0 Å². The fourth-order valence-electron chi connectivity index (χ4n) is 3.07. The van der Waals surface area contributed by atoms with Gasteiger partial charge in [0.1, 0.15) is 11.6 Å². The molecule has 0 unspecified atom stereocenters. The summed E-state index contributed by atoms with van der Waals surface area (Å²) >= 11 is 0. The Balaban J connectivity index is 1.85. The number of hydrogen-bond donors (Lipinski definition) is 1. The molecule has 0 spiro atoms. The third kappa shape index (κ3) is 3.56. The van der Waals surface area contributed by atoms with E-state index in [0.29, 0.717) is 6.54 Å². The van der Waals surface area contributed by atoms with Gasteiger partial charge in [0.25, 0.3) is 5.91 Å². The molecule has 0 aliphatic carbocycles. The molecule has 0 radical (unpaired) electrons. The van der Waals surface area contributed by atoms with Gasteiger partial charge in [-0.05, 0) is 55.5 Å². The van der Waals surface area contributed by atoms with Crippen molar-refractivity contribution in [2.45, 2.75) is 26.7 Å². The zero-order chi connectivity index (χ0) is 17.8. The second-order valence-corrected chi connectivity index (χ2v) is 6.32. The molecule has 25 heavy (non-hydrogen) atoms. The van der Waals surface area contributed by atoms with Crippen LogP contribution in [0, 0.1) is 25.2 Å². The summed E-state index contributed by atoms with van der Waals surface area (Å²) in [4.78, 5) is 14.6. The van der Waals surface area contributed by atoms with Crippen LogP contribution in [0.3, 0.4) is 0 Å². The van der Waals surface area contributed by atoms with Crippen LogP contribution in [0.4, 0.5) is 11.4 Å². The molecule has 0 fully saturated rings. The third-order valence-electron chi connectivity index (χ3n) is 4.47. The minimum absolute atomic E-state index is 0.109. The first-order valence-electron chi connectivity index (χ1n) is 8.44. The topological polar surface area (TPSA) is 56.1 Å². The number of nitrogens with one attached hydrogen (secondary N) is 1. The number of para-hydroxylation sites is 1. The van der Waals surface area contributed by atoms with E-state index in [0.717, 1.165) is 40.9 Å². The molecule has 2 aromatic carbocycles. The summed E-state index contributed by atoms with van der Waals surface area (Å²) in [6.45, 7) is 4.64. The molecule has 0 bridgehead atoms. The minimum atomic E-state index is -0.257. The number of anilines is 2. The predicted molar refractivity (Wildman–Crippen MR) is 100 cm³/mol. The smallest absolute Gasteiger partial charge is 0.270 e. The van der Waals surface area contributed by atoms with Crippen molar-refractivity contribution < 1.29 is 4.79 Å². The fraction of sp³-hybridized carbons (Fsp3) is 0.238. The lowest BCUT2D eigenvalue weighted by Crippen LogP contribution is -2.36. The molecule has 0 atom stereocenters. The number of nitriles is 1. The Bertz CT molecular complexity index is 877. The van der Waals surface area contributed by atoms with Crippen LogP contribution in [0.15, 0.2) is 54.2 Å². The molecule has 3 rings (SSSR count). The van der Waals surface area contributed by atoms with E-state index in [-0.39, 0.29) is 11.5 Å². The molecule has 2 aromatic rings. The number of fused-ring (bicyclic) bond motifs is 1. The summed E-state index contributed by atoms with van der Waals surface area (Å²) in [6, 6.07) is 16.0. The van der Waals surface area contributed by atoms with Crippen LogP contribution in [0.25, 0.3) is 0 Å². The maximum atomic E-state index is 12.9. The quantitative estimate of drug-likeness (QED) is 0.680. The highest BCUT2D eigenvalue weighted by Gasteiger charge is 2.24. The van der Waals surface area contributed by atoms with Crippen molar-refractivity contribution in [1.29, 1.82) is 5.26 Å². The fourth-order valence-corrected chi connectivity index (χ4v) is 3.07. The van der Waals surface area contributed by atoms with E-state index >= 15 is 0 Å². The summed E-state index contributed by atoms with van der Waals surface area (Å²) in [6.07, 6.45) is 3.39. The zero-order valence-electron chi connectivity index (χ0n) is 14.5. The minimum Gasteiger partial charge on any atom is -0.360 e. The second kappa shape index (κ2) is 7.23. The van der Waals surface area contributed by atoms with Crippen LogP contribution in [0.2, 0.25) is 0 Å². The van der Waals surface area contributed by atoms with E-state index in [1.54, 1.807) is 4.90 Å². The first-order chi connectivity index (χ1) is 12.1. The maximum absolute atomic E-state index is 12.9. The highest BCUT2D eigenvalue weighted by Crippen LogP contribution is 2.28. The number of carbonyl (C=O) groups excluding carboxylic acids is 1. The van der Waals surface area contributed by atoms with E-state index in [4.69, 9.17) is 0 Å². The Labute approximate surface area is 148 Å². The largest absolute Gasteiger partial charge is 0.360 e. The van der Waals surface area contributed by atoms with E-state index in [9.17, 15) is 10.1 Å². The molecule has 1 aliphatic rings. The molecule has 0 aromatic heterocycles. The molecule has 126 valence electrons. The number of amides is 1. The van der Waals surface area contributed by atoms with E-state index in [1.807, 2.05) is 62.4 Å². The molecular weight excluding hydrogens is 310 g/mol. The number of aryl methyl sites for hydroxylation is 3. The van der Waals surface area contributed by atoms with Crippen molar-refractivity contribution in [3.63, 3.8) is 0 Å². The van der Waals surface area contributed by atoms with Gasteiger partial charge in [-0.2, -0.15) is 5.26 Å². The highest BCUT2D eigenvalue weighted by atomic mass is 16.2. The summed E-state index contributed by atoms with van der Waals surface area (Å²) < 4.78 is 0. The number of carbonyl (C=O) groups is 1. The van der Waals surface area contributed by atoms with Gasteiger partial charge in [-0.3, -0.25) is 4.79 Å². The highest BCUT2D eigenvalue weighted by molar-refractivity contribution is 6.09. The lowest BCUT2D eigenvalue weighted by molar-refractivity contribution is -0.114. The van der Waals surface area contributed by atoms with Crippen LogP contribution in [-0.4, -0.2) is 12.5 Å². The normalized spacial score (nSPS) is 13.8. The SMILES string of the molecule is Cc1ccc(C)c(N/C=C(/C#N)C(=O)N2CCCc3ccccc32)c1. The van der Waals surface area contributed by atoms with Crippen molar-refractivity contribution in [3.05, 3.63) is 70.9 Å². The first kappa shape index (κ1) is 16.8. The molecule has 1 heterocycles. The van der Waals surface area contributed by atoms with Gasteiger partial charge in [-0.15, -0.1) is 0 Å². The molecular formula is C21H21N3O. The standard InChI is InChI=1S/C21H21N3O/c1-15-9-10-16(2)19(12-15)23-14-18(13-22)21(25)24-11-5-7-17-6-3-4-8-20(17)24/h3-4,6,8-10,12,14,23H,5,7,11H2,1-2H3/b18-14-. The van der Waals surface area contributed by atoms with Crippen molar-refractivity contribution in [1.82, 2.24) is 0 Å². The Hall–Kier alpha value is -3.06. The Morgan fingerprint density at radius 1 is 1.24 bits per heavy atom. The van der Waals surface area contributed by atoms with Crippen LogP contribution in [-0.2, 0) is 11.2 Å². The van der Waals surface area contributed by atoms with Crippen molar-refractivity contribution in [3.8, 4) is 6.07 Å². The summed E-state index contributed by atoms with van der Waals surface area (Å²) in [5.41, 5.74) is 5.26. The Morgan fingerprint density at radius 3 is 2.84 bits per heavy atom. The Morgan fingerprint density at radius 2 is 2.04 bits per heavy atom. The maximum Gasteiger partial charge on any atom is 0.270 e. The van der Waals surface area contributed by atoms with E-state index < -0.39 is 0 Å². The van der Waals surface area contributed by atoms with Crippen molar-refractivity contribution in [2.75, 3.05) is 16.8 Å².